The first kappa shape index (κ1) is 14.6. The van der Waals surface area contributed by atoms with Gasteiger partial charge in [0, 0.05) is 11.5 Å². The first-order valence-corrected chi connectivity index (χ1v) is 6.23. The van der Waals surface area contributed by atoms with Gasteiger partial charge >= 0.3 is 0 Å². The number of hydrogen-bond donors (Lipinski definition) is 0. The minimum Gasteiger partial charge on any atom is -0.478 e. The molecule has 1 aromatic rings. The molecule has 0 bridgehead atoms. The average molecular weight is 255 g/mol. The summed E-state index contributed by atoms with van der Waals surface area (Å²) in [6, 6.07) is 2.97. The maximum Gasteiger partial charge on any atom is 0.186 e. The fourth-order valence-corrected chi connectivity index (χ4v) is 1.64. The third kappa shape index (κ3) is 3.28. The van der Waals surface area contributed by atoms with Crippen molar-refractivity contribution in [3.8, 4) is 0 Å². The molecule has 0 N–H and O–H groups in total. The van der Waals surface area contributed by atoms with Crippen LogP contribution in [0, 0.1) is 17.6 Å². The van der Waals surface area contributed by atoms with Crippen LogP contribution in [0.3, 0.4) is 0 Å². The number of hydrogen-bond acceptors (Lipinski definition) is 2. The normalized spacial score (nSPS) is 17.9. The second kappa shape index (κ2) is 6.47. The molecule has 0 spiro atoms. The molecule has 2 rings (SSSR count). The van der Waals surface area contributed by atoms with Gasteiger partial charge in [-0.15, -0.1) is 0 Å². The van der Waals surface area contributed by atoms with Gasteiger partial charge in [0.15, 0.2) is 5.90 Å². The molecule has 1 heterocycles. The molecule has 0 saturated heterocycles. The van der Waals surface area contributed by atoms with Crippen LogP contribution in [0.4, 0.5) is 8.78 Å². The van der Waals surface area contributed by atoms with Crippen LogP contribution in [0.5, 0.6) is 0 Å². The highest BCUT2D eigenvalue weighted by Crippen LogP contribution is 2.27. The molecule has 1 aliphatic heterocycles. The Morgan fingerprint density at radius 1 is 1.28 bits per heavy atom. The SMILES string of the molecule is CC.CC(C)C1=NC(c2cc(F)ccc2F)CO1. The van der Waals surface area contributed by atoms with Gasteiger partial charge in [0.05, 0.1) is 0 Å². The molecule has 2 nitrogen and oxygen atoms in total. The lowest BCUT2D eigenvalue weighted by Gasteiger charge is -2.06. The smallest absolute Gasteiger partial charge is 0.186 e. The number of nitrogens with zero attached hydrogens (tertiary/aromatic N) is 1. The summed E-state index contributed by atoms with van der Waals surface area (Å²) >= 11 is 0. The molecule has 0 fully saturated rings. The van der Waals surface area contributed by atoms with E-state index in [1.54, 1.807) is 0 Å². The van der Waals surface area contributed by atoms with Crippen LogP contribution in [0.15, 0.2) is 23.2 Å². The molecule has 0 radical (unpaired) electrons. The van der Waals surface area contributed by atoms with Crippen LogP contribution in [0.1, 0.15) is 39.3 Å². The van der Waals surface area contributed by atoms with E-state index in [0.717, 1.165) is 12.1 Å². The summed E-state index contributed by atoms with van der Waals surface area (Å²) in [5, 5.41) is 0. The first-order valence-electron chi connectivity index (χ1n) is 6.23. The fraction of sp³-hybridized carbons (Fsp3) is 0.500. The molecule has 0 aromatic heterocycles. The number of halogens is 2. The quantitative estimate of drug-likeness (QED) is 0.779. The number of aliphatic imine (C=N–C) groups is 1. The molecule has 0 aliphatic carbocycles. The molecule has 4 heteroatoms. The zero-order valence-electron chi connectivity index (χ0n) is 11.2. The Morgan fingerprint density at radius 2 is 1.94 bits per heavy atom. The van der Waals surface area contributed by atoms with E-state index in [4.69, 9.17) is 4.74 Å². The third-order valence-corrected chi connectivity index (χ3v) is 2.48. The van der Waals surface area contributed by atoms with Gasteiger partial charge in [0.25, 0.3) is 0 Å². The minimum absolute atomic E-state index is 0.168. The van der Waals surface area contributed by atoms with Crippen LogP contribution in [-0.4, -0.2) is 12.5 Å². The molecular formula is C14H19F2NO. The van der Waals surface area contributed by atoms with E-state index in [9.17, 15) is 8.78 Å². The molecule has 0 amide bonds. The summed E-state index contributed by atoms with van der Waals surface area (Å²) in [6.07, 6.45) is 0. The minimum atomic E-state index is -0.454. The Bertz CT molecular complexity index is 430. The van der Waals surface area contributed by atoms with Crippen molar-refractivity contribution >= 4 is 5.90 Å². The Hall–Kier alpha value is -1.45. The third-order valence-electron chi connectivity index (χ3n) is 2.48. The maximum absolute atomic E-state index is 13.5. The fourth-order valence-electron chi connectivity index (χ4n) is 1.64. The zero-order valence-corrected chi connectivity index (χ0v) is 11.2. The summed E-state index contributed by atoms with van der Waals surface area (Å²) in [6.45, 7) is 8.18. The Morgan fingerprint density at radius 3 is 2.50 bits per heavy atom. The van der Waals surface area contributed by atoms with E-state index in [2.05, 4.69) is 4.99 Å². The van der Waals surface area contributed by atoms with Crippen molar-refractivity contribution in [2.45, 2.75) is 33.7 Å². The van der Waals surface area contributed by atoms with Crippen LogP contribution in [-0.2, 0) is 4.74 Å². The van der Waals surface area contributed by atoms with E-state index in [1.165, 1.54) is 6.07 Å². The maximum atomic E-state index is 13.5. The van der Waals surface area contributed by atoms with E-state index < -0.39 is 17.7 Å². The van der Waals surface area contributed by atoms with Crippen LogP contribution in [0.25, 0.3) is 0 Å². The van der Waals surface area contributed by atoms with Gasteiger partial charge in [-0.2, -0.15) is 0 Å². The predicted octanol–water partition coefficient (Wildman–Crippen LogP) is 4.12. The summed E-state index contributed by atoms with van der Waals surface area (Å²) in [5.74, 6) is -0.122. The van der Waals surface area contributed by atoms with Crippen molar-refractivity contribution in [3.63, 3.8) is 0 Å². The average Bonchev–Trinajstić information content (AvgIpc) is 2.84. The van der Waals surface area contributed by atoms with E-state index in [1.807, 2.05) is 27.7 Å². The molecular weight excluding hydrogens is 236 g/mol. The van der Waals surface area contributed by atoms with Crippen molar-refractivity contribution in [1.29, 1.82) is 0 Å². The van der Waals surface area contributed by atoms with Gasteiger partial charge in [0.2, 0.25) is 0 Å². The van der Waals surface area contributed by atoms with Gasteiger partial charge in [-0.25, -0.2) is 13.8 Å². The molecule has 18 heavy (non-hydrogen) atoms. The second-order valence-corrected chi connectivity index (χ2v) is 4.11. The highest BCUT2D eigenvalue weighted by molar-refractivity contribution is 5.79. The highest BCUT2D eigenvalue weighted by Gasteiger charge is 2.24. The van der Waals surface area contributed by atoms with Crippen molar-refractivity contribution < 1.29 is 13.5 Å². The summed E-state index contributed by atoms with van der Waals surface area (Å²) in [7, 11) is 0. The Labute approximate surface area is 107 Å². The summed E-state index contributed by atoms with van der Waals surface area (Å²) in [4.78, 5) is 4.25. The van der Waals surface area contributed by atoms with Gasteiger partial charge in [-0.1, -0.05) is 27.7 Å². The van der Waals surface area contributed by atoms with Gasteiger partial charge in [0.1, 0.15) is 24.3 Å². The zero-order chi connectivity index (χ0) is 13.7. The van der Waals surface area contributed by atoms with Gasteiger partial charge in [-0.3, -0.25) is 0 Å². The lowest BCUT2D eigenvalue weighted by atomic mass is 10.1. The lowest BCUT2D eigenvalue weighted by Crippen LogP contribution is -2.06. The van der Waals surface area contributed by atoms with Crippen LogP contribution in [0.2, 0.25) is 0 Å². The van der Waals surface area contributed by atoms with Crippen LogP contribution >= 0.6 is 0 Å². The topological polar surface area (TPSA) is 21.6 Å². The molecule has 100 valence electrons. The van der Waals surface area contributed by atoms with Crippen molar-refractivity contribution in [1.82, 2.24) is 0 Å². The van der Waals surface area contributed by atoms with Gasteiger partial charge < -0.3 is 4.74 Å². The molecule has 0 saturated carbocycles. The molecule has 1 unspecified atom stereocenters. The number of ether oxygens (including phenoxy) is 1. The lowest BCUT2D eigenvalue weighted by molar-refractivity contribution is 0.301. The monoisotopic (exact) mass is 255 g/mol. The standard InChI is InChI=1S/C12H13F2NO.C2H6/c1-7(2)12-15-11(6-16-12)9-5-8(13)3-4-10(9)14;1-2/h3-5,7,11H,6H2,1-2H3;1-2H3. The van der Waals surface area contributed by atoms with Crippen molar-refractivity contribution in [2.75, 3.05) is 6.61 Å². The van der Waals surface area contributed by atoms with Crippen molar-refractivity contribution in [2.24, 2.45) is 10.9 Å². The number of benzene rings is 1. The van der Waals surface area contributed by atoms with Crippen LogP contribution < -0.4 is 0 Å². The molecule has 1 aliphatic rings. The summed E-state index contributed by atoms with van der Waals surface area (Å²) < 4.78 is 31.8. The first-order chi connectivity index (χ1) is 8.58. The predicted molar refractivity (Wildman–Crippen MR) is 68.7 cm³/mol. The number of rotatable bonds is 2. The highest BCUT2D eigenvalue weighted by atomic mass is 19.1. The van der Waals surface area contributed by atoms with E-state index >= 15 is 0 Å². The Balaban J connectivity index is 0.000000771. The second-order valence-electron chi connectivity index (χ2n) is 4.11. The van der Waals surface area contributed by atoms with E-state index in [0.29, 0.717) is 5.90 Å². The molecule has 1 aromatic carbocycles. The summed E-state index contributed by atoms with van der Waals surface area (Å²) in [5.41, 5.74) is 0.260. The largest absolute Gasteiger partial charge is 0.478 e. The Kier molecular flexibility index (Phi) is 5.25. The van der Waals surface area contributed by atoms with Crippen molar-refractivity contribution in [3.05, 3.63) is 35.4 Å². The van der Waals surface area contributed by atoms with E-state index in [-0.39, 0.29) is 18.1 Å². The van der Waals surface area contributed by atoms with Gasteiger partial charge in [-0.05, 0) is 18.2 Å². The molecule has 1 atom stereocenters.